The van der Waals surface area contributed by atoms with Crippen LogP contribution in [-0.2, 0) is 14.3 Å². The summed E-state index contributed by atoms with van der Waals surface area (Å²) in [5.74, 6) is -0.177. The zero-order chi connectivity index (χ0) is 19.9. The van der Waals surface area contributed by atoms with Crippen molar-refractivity contribution in [3.05, 3.63) is 60.2 Å². The Morgan fingerprint density at radius 1 is 1.14 bits per heavy atom. The van der Waals surface area contributed by atoms with E-state index in [9.17, 15) is 9.59 Å². The quantitative estimate of drug-likeness (QED) is 0.685. The number of amides is 1. The highest BCUT2D eigenvalue weighted by molar-refractivity contribution is 5.98. The molecular formula is C22H25NO5. The number of benzene rings is 2. The van der Waals surface area contributed by atoms with Gasteiger partial charge < -0.3 is 19.1 Å². The molecule has 0 aromatic heterocycles. The predicted molar refractivity (Wildman–Crippen MR) is 106 cm³/mol. The average molecular weight is 383 g/mol. The zero-order valence-electron chi connectivity index (χ0n) is 16.2. The first-order chi connectivity index (χ1) is 13.5. The molecule has 1 amide bonds. The van der Waals surface area contributed by atoms with E-state index in [-0.39, 0.29) is 12.0 Å². The van der Waals surface area contributed by atoms with Crippen LogP contribution in [0.4, 0.5) is 5.69 Å². The summed E-state index contributed by atoms with van der Waals surface area (Å²) in [4.78, 5) is 26.3. The normalized spacial score (nSPS) is 17.0. The minimum Gasteiger partial charge on any atom is -0.491 e. The molecule has 0 bridgehead atoms. The van der Waals surface area contributed by atoms with Gasteiger partial charge in [-0.3, -0.25) is 4.79 Å². The second kappa shape index (κ2) is 9.37. The molecular weight excluding hydrogens is 358 g/mol. The van der Waals surface area contributed by atoms with E-state index in [2.05, 4.69) is 0 Å². The van der Waals surface area contributed by atoms with Crippen LogP contribution in [0.1, 0.15) is 30.1 Å². The Morgan fingerprint density at radius 2 is 1.86 bits per heavy atom. The van der Waals surface area contributed by atoms with Crippen LogP contribution in [0, 0.1) is 0 Å². The fourth-order valence-electron chi connectivity index (χ4n) is 2.98. The summed E-state index contributed by atoms with van der Waals surface area (Å²) in [7, 11) is 1.65. The standard InChI is InChI=1S/C22H25NO5/c1-16(21(24)23(2)18-7-4-3-5-8-18)28-22(25)17-10-12-19(13-11-17)27-15-20-9-6-14-26-20/h3-5,7-8,10-13,16,20H,6,9,14-15H2,1-2H3/t16-,20+/m1/s1. The number of carbonyl (C=O) groups is 2. The Balaban J connectivity index is 1.52. The number of esters is 1. The maximum Gasteiger partial charge on any atom is 0.338 e. The first-order valence-corrected chi connectivity index (χ1v) is 9.42. The second-order valence-electron chi connectivity index (χ2n) is 6.75. The minimum absolute atomic E-state index is 0.137. The number of likely N-dealkylation sites (N-methyl/N-ethyl adjacent to an activating group) is 1. The highest BCUT2D eigenvalue weighted by atomic mass is 16.5. The lowest BCUT2D eigenvalue weighted by molar-refractivity contribution is -0.126. The lowest BCUT2D eigenvalue weighted by Crippen LogP contribution is -2.37. The Hall–Kier alpha value is -2.86. The Morgan fingerprint density at radius 3 is 2.50 bits per heavy atom. The van der Waals surface area contributed by atoms with Crippen LogP contribution in [-0.4, -0.2) is 44.3 Å². The fraction of sp³-hybridized carbons (Fsp3) is 0.364. The first-order valence-electron chi connectivity index (χ1n) is 9.42. The second-order valence-corrected chi connectivity index (χ2v) is 6.75. The number of hydrogen-bond acceptors (Lipinski definition) is 5. The molecule has 0 saturated carbocycles. The van der Waals surface area contributed by atoms with Crippen molar-refractivity contribution in [1.29, 1.82) is 0 Å². The van der Waals surface area contributed by atoms with Crippen molar-refractivity contribution in [2.45, 2.75) is 32.0 Å². The topological polar surface area (TPSA) is 65.1 Å². The molecule has 0 aliphatic carbocycles. The minimum atomic E-state index is -0.895. The van der Waals surface area contributed by atoms with Crippen LogP contribution in [0.5, 0.6) is 5.75 Å². The van der Waals surface area contributed by atoms with E-state index in [1.807, 2.05) is 30.3 Å². The van der Waals surface area contributed by atoms with E-state index in [1.54, 1.807) is 38.2 Å². The van der Waals surface area contributed by atoms with E-state index in [4.69, 9.17) is 14.2 Å². The van der Waals surface area contributed by atoms with Gasteiger partial charge in [0.2, 0.25) is 0 Å². The van der Waals surface area contributed by atoms with E-state index in [0.29, 0.717) is 17.9 Å². The highest BCUT2D eigenvalue weighted by Gasteiger charge is 2.23. The molecule has 2 aromatic rings. The van der Waals surface area contributed by atoms with E-state index in [1.165, 1.54) is 4.90 Å². The lowest BCUT2D eigenvalue weighted by atomic mass is 10.2. The van der Waals surface area contributed by atoms with Crippen molar-refractivity contribution in [2.75, 3.05) is 25.2 Å². The van der Waals surface area contributed by atoms with Crippen LogP contribution in [0.2, 0.25) is 0 Å². The number of anilines is 1. The summed E-state index contributed by atoms with van der Waals surface area (Å²) in [6.07, 6.45) is 1.31. The Bertz CT molecular complexity index is 784. The van der Waals surface area contributed by atoms with Crippen LogP contribution >= 0.6 is 0 Å². The van der Waals surface area contributed by atoms with Crippen LogP contribution < -0.4 is 9.64 Å². The molecule has 1 heterocycles. The van der Waals surface area contributed by atoms with E-state index >= 15 is 0 Å². The number of ether oxygens (including phenoxy) is 3. The molecule has 3 rings (SSSR count). The number of rotatable bonds is 7. The predicted octanol–water partition coefficient (Wildman–Crippen LogP) is 3.45. The molecule has 1 saturated heterocycles. The molecule has 28 heavy (non-hydrogen) atoms. The van der Waals surface area contributed by atoms with Gasteiger partial charge >= 0.3 is 5.97 Å². The molecule has 0 unspecified atom stereocenters. The van der Waals surface area contributed by atoms with Gasteiger partial charge in [0.1, 0.15) is 12.4 Å². The van der Waals surface area contributed by atoms with Gasteiger partial charge in [0.05, 0.1) is 11.7 Å². The molecule has 2 aromatic carbocycles. The van der Waals surface area contributed by atoms with Crippen molar-refractivity contribution in [3.63, 3.8) is 0 Å². The molecule has 6 nitrogen and oxygen atoms in total. The first kappa shape index (κ1) is 19.9. The average Bonchev–Trinajstić information content (AvgIpc) is 3.25. The molecule has 6 heteroatoms. The van der Waals surface area contributed by atoms with Crippen LogP contribution in [0.15, 0.2) is 54.6 Å². The maximum absolute atomic E-state index is 12.5. The molecule has 1 aliphatic heterocycles. The Kier molecular flexibility index (Phi) is 6.66. The highest BCUT2D eigenvalue weighted by Crippen LogP contribution is 2.18. The molecule has 148 valence electrons. The number of para-hydroxylation sites is 1. The molecule has 1 aliphatic rings. The monoisotopic (exact) mass is 383 g/mol. The van der Waals surface area contributed by atoms with Gasteiger partial charge in [-0.2, -0.15) is 0 Å². The van der Waals surface area contributed by atoms with Crippen molar-refractivity contribution < 1.29 is 23.8 Å². The third-order valence-electron chi connectivity index (χ3n) is 4.66. The van der Waals surface area contributed by atoms with Crippen molar-refractivity contribution >= 4 is 17.6 Å². The fourth-order valence-corrected chi connectivity index (χ4v) is 2.98. The van der Waals surface area contributed by atoms with Gasteiger partial charge in [-0.1, -0.05) is 18.2 Å². The summed E-state index contributed by atoms with van der Waals surface area (Å²) in [5, 5.41) is 0. The van der Waals surface area contributed by atoms with E-state index < -0.39 is 12.1 Å². The summed E-state index contributed by atoms with van der Waals surface area (Å²) in [5.41, 5.74) is 1.11. The van der Waals surface area contributed by atoms with Gasteiger partial charge in [0.15, 0.2) is 6.10 Å². The lowest BCUT2D eigenvalue weighted by Gasteiger charge is -2.21. The summed E-state index contributed by atoms with van der Waals surface area (Å²) >= 11 is 0. The zero-order valence-corrected chi connectivity index (χ0v) is 16.2. The van der Waals surface area contributed by atoms with Crippen molar-refractivity contribution in [3.8, 4) is 5.75 Å². The Labute approximate surface area is 165 Å². The SMILES string of the molecule is C[C@@H](OC(=O)c1ccc(OC[C@@H]2CCCO2)cc1)C(=O)N(C)c1ccccc1. The third-order valence-corrected chi connectivity index (χ3v) is 4.66. The van der Waals surface area contributed by atoms with Crippen LogP contribution in [0.25, 0.3) is 0 Å². The third kappa shape index (κ3) is 5.10. The molecule has 0 radical (unpaired) electrons. The van der Waals surface area contributed by atoms with Crippen LogP contribution in [0.3, 0.4) is 0 Å². The number of hydrogen-bond donors (Lipinski definition) is 0. The molecule has 1 fully saturated rings. The van der Waals surface area contributed by atoms with Gasteiger partial charge in [-0.25, -0.2) is 4.79 Å². The molecule has 0 N–H and O–H groups in total. The van der Waals surface area contributed by atoms with Crippen molar-refractivity contribution in [1.82, 2.24) is 0 Å². The van der Waals surface area contributed by atoms with Gasteiger partial charge in [0.25, 0.3) is 5.91 Å². The summed E-state index contributed by atoms with van der Waals surface area (Å²) < 4.78 is 16.5. The number of carbonyl (C=O) groups excluding carboxylic acids is 2. The molecule has 2 atom stereocenters. The molecule has 0 spiro atoms. The summed E-state index contributed by atoms with van der Waals surface area (Å²) in [6, 6.07) is 15.9. The van der Waals surface area contributed by atoms with E-state index in [0.717, 1.165) is 25.1 Å². The summed E-state index contributed by atoms with van der Waals surface area (Å²) in [6.45, 7) is 2.86. The maximum atomic E-state index is 12.5. The van der Waals surface area contributed by atoms with Gasteiger partial charge in [0, 0.05) is 19.3 Å². The van der Waals surface area contributed by atoms with Crippen molar-refractivity contribution in [2.24, 2.45) is 0 Å². The van der Waals surface area contributed by atoms with Gasteiger partial charge in [-0.15, -0.1) is 0 Å². The number of nitrogens with zero attached hydrogens (tertiary/aromatic N) is 1. The smallest absolute Gasteiger partial charge is 0.338 e. The van der Waals surface area contributed by atoms with Gasteiger partial charge in [-0.05, 0) is 56.2 Å². The largest absolute Gasteiger partial charge is 0.491 e.